The van der Waals surface area contributed by atoms with E-state index < -0.39 is 0 Å². The van der Waals surface area contributed by atoms with Crippen LogP contribution in [0.4, 0.5) is 0 Å². The standard InChI is InChI=1S/C11H23N3/c1-2-9-14-10-3-6-13-11(14)4-7-12-8-5-11/h12-13H,2-10H2,1H3. The van der Waals surface area contributed by atoms with Gasteiger partial charge >= 0.3 is 0 Å². The maximum absolute atomic E-state index is 3.76. The fraction of sp³-hybridized carbons (Fsp3) is 1.00. The minimum absolute atomic E-state index is 0.347. The first-order chi connectivity index (χ1) is 6.87. The van der Waals surface area contributed by atoms with Crippen LogP contribution in [-0.4, -0.2) is 43.3 Å². The molecule has 0 saturated carbocycles. The van der Waals surface area contributed by atoms with E-state index in [1.165, 1.54) is 58.4 Å². The number of hydrogen-bond donors (Lipinski definition) is 2. The van der Waals surface area contributed by atoms with Gasteiger partial charge in [0.2, 0.25) is 0 Å². The third-order valence-corrected chi connectivity index (χ3v) is 3.59. The Kier molecular flexibility index (Phi) is 3.42. The smallest absolute Gasteiger partial charge is 0.0737 e. The number of nitrogens with one attached hydrogen (secondary N) is 2. The molecule has 0 unspecified atom stereocenters. The number of piperidine rings is 1. The summed E-state index contributed by atoms with van der Waals surface area (Å²) in [5, 5.41) is 7.21. The van der Waals surface area contributed by atoms with E-state index in [-0.39, 0.29) is 0 Å². The second-order valence-electron chi connectivity index (χ2n) is 4.55. The second kappa shape index (κ2) is 4.60. The van der Waals surface area contributed by atoms with Gasteiger partial charge < -0.3 is 5.32 Å². The zero-order valence-corrected chi connectivity index (χ0v) is 9.31. The second-order valence-corrected chi connectivity index (χ2v) is 4.55. The van der Waals surface area contributed by atoms with E-state index in [1.54, 1.807) is 0 Å². The van der Waals surface area contributed by atoms with Crippen molar-refractivity contribution in [1.82, 2.24) is 15.5 Å². The van der Waals surface area contributed by atoms with Gasteiger partial charge in [-0.15, -0.1) is 0 Å². The summed E-state index contributed by atoms with van der Waals surface area (Å²) >= 11 is 0. The summed E-state index contributed by atoms with van der Waals surface area (Å²) in [6.07, 6.45) is 5.13. The predicted octanol–water partition coefficient (Wildman–Crippen LogP) is 0.771. The molecule has 0 aromatic heterocycles. The van der Waals surface area contributed by atoms with Crippen molar-refractivity contribution in [2.24, 2.45) is 0 Å². The Hall–Kier alpha value is -0.120. The van der Waals surface area contributed by atoms with Crippen molar-refractivity contribution in [2.75, 3.05) is 32.7 Å². The maximum atomic E-state index is 3.76. The zero-order valence-electron chi connectivity index (χ0n) is 9.31. The van der Waals surface area contributed by atoms with E-state index in [1.807, 2.05) is 0 Å². The molecule has 3 heteroatoms. The monoisotopic (exact) mass is 197 g/mol. The lowest BCUT2D eigenvalue weighted by molar-refractivity contribution is 0.00131. The maximum Gasteiger partial charge on any atom is 0.0737 e. The van der Waals surface area contributed by atoms with E-state index in [2.05, 4.69) is 22.5 Å². The highest BCUT2D eigenvalue weighted by molar-refractivity contribution is 4.94. The number of rotatable bonds is 2. The fourth-order valence-electron chi connectivity index (χ4n) is 2.85. The van der Waals surface area contributed by atoms with Gasteiger partial charge in [-0.25, -0.2) is 0 Å². The zero-order chi connectivity index (χ0) is 9.86. The topological polar surface area (TPSA) is 27.3 Å². The molecule has 0 aromatic carbocycles. The molecule has 2 N–H and O–H groups in total. The third-order valence-electron chi connectivity index (χ3n) is 3.59. The Morgan fingerprint density at radius 1 is 1.21 bits per heavy atom. The molecule has 0 aliphatic carbocycles. The van der Waals surface area contributed by atoms with Crippen molar-refractivity contribution in [2.45, 2.75) is 38.3 Å². The first-order valence-corrected chi connectivity index (χ1v) is 6.08. The highest BCUT2D eigenvalue weighted by atomic mass is 15.3. The van der Waals surface area contributed by atoms with E-state index in [9.17, 15) is 0 Å². The molecule has 0 aromatic rings. The third kappa shape index (κ3) is 1.95. The normalized spacial score (nSPS) is 28.1. The Labute approximate surface area is 87.2 Å². The molecule has 2 saturated heterocycles. The summed E-state index contributed by atoms with van der Waals surface area (Å²) < 4.78 is 0. The lowest BCUT2D eigenvalue weighted by atomic mass is 9.93. The molecule has 0 bridgehead atoms. The quantitative estimate of drug-likeness (QED) is 0.685. The number of nitrogens with zero attached hydrogens (tertiary/aromatic N) is 1. The van der Waals surface area contributed by atoms with Crippen LogP contribution in [0.5, 0.6) is 0 Å². The van der Waals surface area contributed by atoms with Gasteiger partial charge in [-0.3, -0.25) is 10.2 Å². The minimum atomic E-state index is 0.347. The van der Waals surface area contributed by atoms with Crippen LogP contribution in [0.15, 0.2) is 0 Å². The summed E-state index contributed by atoms with van der Waals surface area (Å²) in [7, 11) is 0. The van der Waals surface area contributed by atoms with Crippen molar-refractivity contribution in [3.05, 3.63) is 0 Å². The van der Waals surface area contributed by atoms with Gasteiger partial charge in [0.05, 0.1) is 5.66 Å². The fourth-order valence-corrected chi connectivity index (χ4v) is 2.85. The molecular weight excluding hydrogens is 174 g/mol. The largest absolute Gasteiger partial charge is 0.316 e. The average molecular weight is 197 g/mol. The highest BCUT2D eigenvalue weighted by Gasteiger charge is 2.38. The van der Waals surface area contributed by atoms with Crippen LogP contribution >= 0.6 is 0 Å². The van der Waals surface area contributed by atoms with Crippen LogP contribution in [-0.2, 0) is 0 Å². The van der Waals surface area contributed by atoms with E-state index in [0.29, 0.717) is 5.66 Å². The molecule has 2 aliphatic heterocycles. The molecule has 0 amide bonds. The molecule has 82 valence electrons. The van der Waals surface area contributed by atoms with Crippen LogP contribution in [0.2, 0.25) is 0 Å². The van der Waals surface area contributed by atoms with Gasteiger partial charge in [-0.2, -0.15) is 0 Å². The lowest BCUT2D eigenvalue weighted by Gasteiger charge is -2.50. The molecule has 2 rings (SSSR count). The number of hydrogen-bond acceptors (Lipinski definition) is 3. The Balaban J connectivity index is 2.02. The lowest BCUT2D eigenvalue weighted by Crippen LogP contribution is -2.66. The summed E-state index contributed by atoms with van der Waals surface area (Å²) in [4.78, 5) is 2.68. The van der Waals surface area contributed by atoms with Crippen LogP contribution in [0, 0.1) is 0 Å². The van der Waals surface area contributed by atoms with E-state index in [0.717, 1.165) is 0 Å². The van der Waals surface area contributed by atoms with E-state index >= 15 is 0 Å². The van der Waals surface area contributed by atoms with Crippen molar-refractivity contribution >= 4 is 0 Å². The van der Waals surface area contributed by atoms with Crippen LogP contribution in [0.3, 0.4) is 0 Å². The summed E-state index contributed by atoms with van der Waals surface area (Å²) in [5.74, 6) is 0. The molecule has 0 radical (unpaired) electrons. The van der Waals surface area contributed by atoms with Gasteiger partial charge in [-0.05, 0) is 51.9 Å². The van der Waals surface area contributed by atoms with Crippen molar-refractivity contribution in [3.63, 3.8) is 0 Å². The minimum Gasteiger partial charge on any atom is -0.316 e. The van der Waals surface area contributed by atoms with Gasteiger partial charge in [0, 0.05) is 6.54 Å². The molecule has 2 aliphatic rings. The molecule has 3 nitrogen and oxygen atoms in total. The summed E-state index contributed by atoms with van der Waals surface area (Å²) in [6.45, 7) is 8.39. The van der Waals surface area contributed by atoms with Crippen LogP contribution < -0.4 is 10.6 Å². The first kappa shape index (κ1) is 10.4. The van der Waals surface area contributed by atoms with Gasteiger partial charge in [0.25, 0.3) is 0 Å². The molecule has 1 spiro atoms. The van der Waals surface area contributed by atoms with Crippen molar-refractivity contribution in [3.8, 4) is 0 Å². The Morgan fingerprint density at radius 3 is 2.71 bits per heavy atom. The van der Waals surface area contributed by atoms with E-state index in [4.69, 9.17) is 0 Å². The summed E-state index contributed by atoms with van der Waals surface area (Å²) in [6, 6.07) is 0. The predicted molar refractivity (Wildman–Crippen MR) is 59.3 cm³/mol. The SMILES string of the molecule is CCCN1CCCNC12CCNCC2. The molecule has 14 heavy (non-hydrogen) atoms. The Bertz CT molecular complexity index is 165. The van der Waals surface area contributed by atoms with Gasteiger partial charge in [-0.1, -0.05) is 6.92 Å². The molecular formula is C11H23N3. The van der Waals surface area contributed by atoms with Crippen LogP contribution in [0.25, 0.3) is 0 Å². The molecule has 2 heterocycles. The highest BCUT2D eigenvalue weighted by Crippen LogP contribution is 2.26. The van der Waals surface area contributed by atoms with Crippen molar-refractivity contribution < 1.29 is 0 Å². The average Bonchev–Trinajstić information content (AvgIpc) is 2.23. The van der Waals surface area contributed by atoms with Gasteiger partial charge in [0.15, 0.2) is 0 Å². The van der Waals surface area contributed by atoms with Gasteiger partial charge in [0.1, 0.15) is 0 Å². The van der Waals surface area contributed by atoms with Crippen molar-refractivity contribution in [1.29, 1.82) is 0 Å². The summed E-state index contributed by atoms with van der Waals surface area (Å²) in [5.41, 5.74) is 0.347. The molecule has 0 atom stereocenters. The Morgan fingerprint density at radius 2 is 2.00 bits per heavy atom. The molecule has 2 fully saturated rings. The van der Waals surface area contributed by atoms with Crippen LogP contribution in [0.1, 0.15) is 32.6 Å². The first-order valence-electron chi connectivity index (χ1n) is 6.08.